The minimum atomic E-state index is 0.314. The number of anilines is 1. The molecule has 82 valence electrons. The molecule has 3 nitrogen and oxygen atoms in total. The Hall–Kier alpha value is -0.830. The van der Waals surface area contributed by atoms with Crippen molar-refractivity contribution < 1.29 is 0 Å². The predicted molar refractivity (Wildman–Crippen MR) is 62.2 cm³/mol. The summed E-state index contributed by atoms with van der Waals surface area (Å²) in [4.78, 5) is 8.01. The number of nitrogens with one attached hydrogen (secondary N) is 1. The van der Waals surface area contributed by atoms with E-state index in [0.717, 1.165) is 5.82 Å². The van der Waals surface area contributed by atoms with Crippen molar-refractivity contribution in [2.75, 3.05) is 5.32 Å². The fourth-order valence-corrected chi connectivity index (χ4v) is 2.20. The molecule has 15 heavy (non-hydrogen) atoms. The maximum atomic E-state index is 5.73. The molecule has 0 spiro atoms. The van der Waals surface area contributed by atoms with Crippen molar-refractivity contribution in [3.05, 3.63) is 17.5 Å². The van der Waals surface area contributed by atoms with Crippen LogP contribution in [-0.2, 0) is 0 Å². The van der Waals surface area contributed by atoms with Crippen LogP contribution in [0.4, 0.5) is 5.82 Å². The molecule has 0 amide bonds. The van der Waals surface area contributed by atoms with Gasteiger partial charge in [-0.2, -0.15) is 0 Å². The van der Waals surface area contributed by atoms with Gasteiger partial charge in [0.25, 0.3) is 0 Å². The van der Waals surface area contributed by atoms with E-state index in [4.69, 9.17) is 11.6 Å². The van der Waals surface area contributed by atoms with Gasteiger partial charge in [0.05, 0.1) is 0 Å². The lowest BCUT2D eigenvalue weighted by molar-refractivity contribution is 0.617. The van der Waals surface area contributed by atoms with Crippen LogP contribution < -0.4 is 5.32 Å². The van der Waals surface area contributed by atoms with E-state index in [1.54, 1.807) is 6.20 Å². The average Bonchev–Trinajstić information content (AvgIpc) is 2.46. The summed E-state index contributed by atoms with van der Waals surface area (Å²) in [6.45, 7) is 0. The molecular formula is C11H16ClN3. The zero-order chi connectivity index (χ0) is 10.5. The fourth-order valence-electron chi connectivity index (χ4n) is 2.05. The first kappa shape index (κ1) is 10.7. The summed E-state index contributed by atoms with van der Waals surface area (Å²) in [5, 5.41) is 3.74. The number of nitrogens with zero attached hydrogens (tertiary/aromatic N) is 2. The van der Waals surface area contributed by atoms with Gasteiger partial charge in [-0.15, -0.1) is 0 Å². The lowest BCUT2D eigenvalue weighted by atomic mass is 10.1. The van der Waals surface area contributed by atoms with E-state index in [1.807, 2.05) is 6.07 Å². The second-order valence-electron chi connectivity index (χ2n) is 4.04. The molecule has 1 aliphatic rings. The van der Waals surface area contributed by atoms with Crippen molar-refractivity contribution >= 4 is 17.4 Å². The molecule has 1 N–H and O–H groups in total. The second-order valence-corrected chi connectivity index (χ2v) is 4.38. The van der Waals surface area contributed by atoms with Gasteiger partial charge in [-0.05, 0) is 30.5 Å². The van der Waals surface area contributed by atoms with Crippen LogP contribution in [0.2, 0.25) is 5.28 Å². The van der Waals surface area contributed by atoms with E-state index >= 15 is 0 Å². The van der Waals surface area contributed by atoms with Gasteiger partial charge in [0, 0.05) is 12.2 Å². The third-order valence-corrected chi connectivity index (χ3v) is 3.02. The van der Waals surface area contributed by atoms with Gasteiger partial charge in [0.1, 0.15) is 5.82 Å². The summed E-state index contributed by atoms with van der Waals surface area (Å²) in [6, 6.07) is 2.43. The predicted octanol–water partition coefficient (Wildman–Crippen LogP) is 3.26. The van der Waals surface area contributed by atoms with E-state index in [2.05, 4.69) is 15.3 Å². The van der Waals surface area contributed by atoms with E-state index in [9.17, 15) is 0 Å². The zero-order valence-corrected chi connectivity index (χ0v) is 9.50. The monoisotopic (exact) mass is 225 g/mol. The number of aromatic nitrogens is 2. The van der Waals surface area contributed by atoms with Crippen molar-refractivity contribution in [3.63, 3.8) is 0 Å². The number of hydrogen-bond donors (Lipinski definition) is 1. The van der Waals surface area contributed by atoms with Gasteiger partial charge in [0.2, 0.25) is 5.28 Å². The van der Waals surface area contributed by atoms with E-state index < -0.39 is 0 Å². The summed E-state index contributed by atoms with van der Waals surface area (Å²) < 4.78 is 0. The minimum Gasteiger partial charge on any atom is -0.367 e. The fraction of sp³-hybridized carbons (Fsp3) is 0.636. The zero-order valence-electron chi connectivity index (χ0n) is 8.75. The van der Waals surface area contributed by atoms with Crippen molar-refractivity contribution in [2.24, 2.45) is 0 Å². The highest BCUT2D eigenvalue weighted by atomic mass is 35.5. The smallest absolute Gasteiger partial charge is 0.224 e. The van der Waals surface area contributed by atoms with E-state index in [-0.39, 0.29) is 0 Å². The Labute approximate surface area is 95.3 Å². The van der Waals surface area contributed by atoms with Gasteiger partial charge in [-0.3, -0.25) is 0 Å². The first-order chi connectivity index (χ1) is 7.34. The highest BCUT2D eigenvalue weighted by Crippen LogP contribution is 2.20. The van der Waals surface area contributed by atoms with Crippen molar-refractivity contribution in [2.45, 2.75) is 44.6 Å². The molecule has 1 saturated carbocycles. The van der Waals surface area contributed by atoms with Crippen LogP contribution in [-0.4, -0.2) is 16.0 Å². The first-order valence-corrected chi connectivity index (χ1v) is 5.97. The van der Waals surface area contributed by atoms with E-state index in [1.165, 1.54) is 38.5 Å². The Kier molecular flexibility index (Phi) is 3.78. The second kappa shape index (κ2) is 5.31. The SMILES string of the molecule is Clc1nccc(NC2CCCCCC2)n1. The molecule has 1 aromatic heterocycles. The topological polar surface area (TPSA) is 37.8 Å². The van der Waals surface area contributed by atoms with Crippen LogP contribution in [0.5, 0.6) is 0 Å². The van der Waals surface area contributed by atoms with Crippen LogP contribution in [0.3, 0.4) is 0 Å². The number of halogens is 1. The lowest BCUT2D eigenvalue weighted by Crippen LogP contribution is -2.19. The summed E-state index contributed by atoms with van der Waals surface area (Å²) >= 11 is 5.73. The minimum absolute atomic E-state index is 0.314. The quantitative estimate of drug-likeness (QED) is 0.620. The van der Waals surface area contributed by atoms with Gasteiger partial charge in [-0.25, -0.2) is 9.97 Å². The highest BCUT2D eigenvalue weighted by Gasteiger charge is 2.12. The molecule has 1 fully saturated rings. The summed E-state index contributed by atoms with van der Waals surface area (Å²) in [5.74, 6) is 0.849. The van der Waals surface area contributed by atoms with Crippen LogP contribution in [0.25, 0.3) is 0 Å². The Morgan fingerprint density at radius 2 is 1.93 bits per heavy atom. The summed E-state index contributed by atoms with van der Waals surface area (Å²) in [7, 11) is 0. The van der Waals surface area contributed by atoms with Gasteiger partial charge >= 0.3 is 0 Å². The van der Waals surface area contributed by atoms with Gasteiger partial charge in [0.15, 0.2) is 0 Å². The third-order valence-electron chi connectivity index (χ3n) is 2.83. The van der Waals surface area contributed by atoms with Gasteiger partial charge < -0.3 is 5.32 Å². The molecule has 0 aromatic carbocycles. The Morgan fingerprint density at radius 1 is 1.20 bits per heavy atom. The van der Waals surface area contributed by atoms with Crippen molar-refractivity contribution in [1.29, 1.82) is 0 Å². The molecule has 4 heteroatoms. The molecule has 0 bridgehead atoms. The molecule has 0 unspecified atom stereocenters. The van der Waals surface area contributed by atoms with Crippen molar-refractivity contribution in [3.8, 4) is 0 Å². The molecule has 0 atom stereocenters. The van der Waals surface area contributed by atoms with Crippen molar-refractivity contribution in [1.82, 2.24) is 9.97 Å². The summed E-state index contributed by atoms with van der Waals surface area (Å²) in [6.07, 6.45) is 9.52. The first-order valence-electron chi connectivity index (χ1n) is 5.60. The van der Waals surface area contributed by atoms with Gasteiger partial charge in [-0.1, -0.05) is 25.7 Å². The molecule has 1 heterocycles. The van der Waals surface area contributed by atoms with Crippen LogP contribution >= 0.6 is 11.6 Å². The molecule has 0 saturated heterocycles. The Morgan fingerprint density at radius 3 is 2.60 bits per heavy atom. The van der Waals surface area contributed by atoms with Crippen LogP contribution in [0.1, 0.15) is 38.5 Å². The molecular weight excluding hydrogens is 210 g/mol. The normalized spacial score (nSPS) is 18.5. The largest absolute Gasteiger partial charge is 0.367 e. The molecule has 1 aromatic rings. The summed E-state index contributed by atoms with van der Waals surface area (Å²) in [5.41, 5.74) is 0. The van der Waals surface area contributed by atoms with E-state index in [0.29, 0.717) is 11.3 Å². The molecule has 2 rings (SSSR count). The maximum absolute atomic E-state index is 5.73. The Balaban J connectivity index is 1.95. The molecule has 1 aliphatic carbocycles. The third kappa shape index (κ3) is 3.34. The van der Waals surface area contributed by atoms with Crippen LogP contribution in [0, 0.1) is 0 Å². The number of rotatable bonds is 2. The van der Waals surface area contributed by atoms with Crippen LogP contribution in [0.15, 0.2) is 12.3 Å². The molecule has 0 aliphatic heterocycles. The average molecular weight is 226 g/mol. The maximum Gasteiger partial charge on any atom is 0.224 e. The standard InChI is InChI=1S/C11H16ClN3/c12-11-13-8-7-10(15-11)14-9-5-3-1-2-4-6-9/h7-9H,1-6H2,(H,13,14,15). The highest BCUT2D eigenvalue weighted by molar-refractivity contribution is 6.28. The lowest BCUT2D eigenvalue weighted by Gasteiger charge is -2.16. The Bertz CT molecular complexity index is 308. The molecule has 0 radical (unpaired) electrons. The number of hydrogen-bond acceptors (Lipinski definition) is 3.